The lowest BCUT2D eigenvalue weighted by Gasteiger charge is -2.33. The first-order valence-corrected chi connectivity index (χ1v) is 13.4. The van der Waals surface area contributed by atoms with Crippen LogP contribution in [0.3, 0.4) is 0 Å². The summed E-state index contributed by atoms with van der Waals surface area (Å²) in [5.41, 5.74) is 0.725. The molecule has 3 aromatic carbocycles. The zero-order valence-electron chi connectivity index (χ0n) is 20.5. The van der Waals surface area contributed by atoms with Crippen molar-refractivity contribution < 1.29 is 14.3 Å². The average molecular weight is 527 g/mol. The van der Waals surface area contributed by atoms with Gasteiger partial charge in [-0.15, -0.1) is 0 Å². The van der Waals surface area contributed by atoms with E-state index in [1.807, 2.05) is 49.4 Å². The predicted molar refractivity (Wildman–Crippen MR) is 146 cm³/mol. The molecular weight excluding hydrogens is 495 g/mol. The minimum Gasteiger partial charge on any atom is -0.483 e. The highest BCUT2D eigenvalue weighted by Gasteiger charge is 2.31. The van der Waals surface area contributed by atoms with Crippen LogP contribution >= 0.6 is 23.2 Å². The lowest BCUT2D eigenvalue weighted by molar-refractivity contribution is -0.143. The summed E-state index contributed by atoms with van der Waals surface area (Å²) in [5, 5.41) is 6.12. The molecule has 1 aliphatic rings. The van der Waals surface area contributed by atoms with Crippen LogP contribution in [-0.2, 0) is 16.1 Å². The van der Waals surface area contributed by atoms with Gasteiger partial charge >= 0.3 is 0 Å². The van der Waals surface area contributed by atoms with Gasteiger partial charge in [0.05, 0.1) is 0 Å². The van der Waals surface area contributed by atoms with Gasteiger partial charge in [-0.05, 0) is 48.4 Å². The molecule has 0 saturated heterocycles. The molecule has 1 atom stereocenters. The average Bonchev–Trinajstić information content (AvgIpc) is 2.89. The van der Waals surface area contributed by atoms with Gasteiger partial charge in [0, 0.05) is 28.0 Å². The zero-order chi connectivity index (χ0) is 25.5. The smallest absolute Gasteiger partial charge is 0.261 e. The van der Waals surface area contributed by atoms with Gasteiger partial charge in [0.2, 0.25) is 5.91 Å². The van der Waals surface area contributed by atoms with Crippen molar-refractivity contribution in [1.29, 1.82) is 0 Å². The molecule has 1 saturated carbocycles. The lowest BCUT2D eigenvalue weighted by Crippen LogP contribution is -2.52. The van der Waals surface area contributed by atoms with Crippen molar-refractivity contribution in [3.05, 3.63) is 76.3 Å². The topological polar surface area (TPSA) is 58.6 Å². The molecule has 0 aromatic heterocycles. The van der Waals surface area contributed by atoms with Crippen molar-refractivity contribution >= 4 is 45.8 Å². The van der Waals surface area contributed by atoms with Crippen LogP contribution in [0.4, 0.5) is 0 Å². The Morgan fingerprint density at radius 2 is 1.78 bits per heavy atom. The second kappa shape index (κ2) is 12.5. The van der Waals surface area contributed by atoms with E-state index in [0.717, 1.165) is 42.0 Å². The van der Waals surface area contributed by atoms with Crippen molar-refractivity contribution in [2.45, 2.75) is 64.1 Å². The van der Waals surface area contributed by atoms with Gasteiger partial charge in [0.25, 0.3) is 5.91 Å². The molecule has 190 valence electrons. The molecule has 0 bridgehead atoms. The molecule has 0 radical (unpaired) electrons. The molecule has 0 heterocycles. The van der Waals surface area contributed by atoms with Crippen molar-refractivity contribution in [2.75, 3.05) is 6.61 Å². The van der Waals surface area contributed by atoms with Crippen molar-refractivity contribution in [1.82, 2.24) is 10.2 Å². The predicted octanol–water partition coefficient (Wildman–Crippen LogP) is 6.78. The highest BCUT2D eigenvalue weighted by molar-refractivity contribution is 6.35. The SMILES string of the molecule is CCC(C(=O)NC1CCCCC1)N(Cc1ccc(Cl)cc1Cl)C(=O)COc1cccc2ccccc12. The third kappa shape index (κ3) is 6.51. The first-order valence-electron chi connectivity index (χ1n) is 12.6. The first kappa shape index (κ1) is 26.3. The van der Waals surface area contributed by atoms with Crippen LogP contribution in [0.25, 0.3) is 10.8 Å². The Bertz CT molecular complexity index is 1200. The van der Waals surface area contributed by atoms with E-state index in [4.69, 9.17) is 27.9 Å². The van der Waals surface area contributed by atoms with Crippen molar-refractivity contribution in [2.24, 2.45) is 0 Å². The minimum atomic E-state index is -0.637. The number of carbonyl (C=O) groups is 2. The first-order chi connectivity index (χ1) is 17.5. The van der Waals surface area contributed by atoms with Gasteiger partial charge in [0.1, 0.15) is 11.8 Å². The number of amides is 2. The van der Waals surface area contributed by atoms with Gasteiger partial charge in [-0.25, -0.2) is 0 Å². The fraction of sp³-hybridized carbons (Fsp3) is 0.379. The molecule has 0 aliphatic heterocycles. The molecule has 4 rings (SSSR count). The third-order valence-electron chi connectivity index (χ3n) is 6.79. The van der Waals surface area contributed by atoms with Crippen LogP contribution in [0.5, 0.6) is 5.75 Å². The maximum absolute atomic E-state index is 13.6. The number of fused-ring (bicyclic) bond motifs is 1. The number of rotatable bonds is 9. The van der Waals surface area contributed by atoms with Gasteiger partial charge in [-0.3, -0.25) is 9.59 Å². The Balaban J connectivity index is 1.55. The Labute approximate surface area is 222 Å². The van der Waals surface area contributed by atoms with E-state index >= 15 is 0 Å². The van der Waals surface area contributed by atoms with Gasteiger partial charge in [0.15, 0.2) is 6.61 Å². The normalized spacial score (nSPS) is 14.9. The summed E-state index contributed by atoms with van der Waals surface area (Å²) in [7, 11) is 0. The number of carbonyl (C=O) groups excluding carboxylic acids is 2. The van der Waals surface area contributed by atoms with E-state index in [0.29, 0.717) is 22.2 Å². The van der Waals surface area contributed by atoms with E-state index in [1.54, 1.807) is 23.1 Å². The van der Waals surface area contributed by atoms with E-state index in [2.05, 4.69) is 5.32 Å². The number of nitrogens with zero attached hydrogens (tertiary/aromatic N) is 1. The Kier molecular flexibility index (Phi) is 9.11. The maximum Gasteiger partial charge on any atom is 0.261 e. The summed E-state index contributed by atoms with van der Waals surface area (Å²) in [5.74, 6) is 0.221. The second-order valence-corrected chi connectivity index (χ2v) is 10.1. The van der Waals surface area contributed by atoms with E-state index in [9.17, 15) is 9.59 Å². The standard InChI is InChI=1S/C29H32Cl2N2O3/c1-2-26(29(35)32-23-11-4-3-5-12-23)33(18-21-15-16-22(30)17-25(21)31)28(34)19-36-27-14-8-10-20-9-6-7-13-24(20)27/h6-10,13-17,23,26H,2-5,11-12,18-19H2,1H3,(H,32,35). The molecule has 1 fully saturated rings. The Morgan fingerprint density at radius 1 is 1.03 bits per heavy atom. The van der Waals surface area contributed by atoms with Crippen LogP contribution in [0.2, 0.25) is 10.0 Å². The monoisotopic (exact) mass is 526 g/mol. The van der Waals surface area contributed by atoms with E-state index < -0.39 is 6.04 Å². The number of halogens is 2. The molecule has 0 spiro atoms. The van der Waals surface area contributed by atoms with Crippen molar-refractivity contribution in [3.8, 4) is 5.75 Å². The molecule has 36 heavy (non-hydrogen) atoms. The van der Waals surface area contributed by atoms with Crippen LogP contribution in [0, 0.1) is 0 Å². The zero-order valence-corrected chi connectivity index (χ0v) is 22.0. The Hall–Kier alpha value is -2.76. The summed E-state index contributed by atoms with van der Waals surface area (Å²) in [6.45, 7) is 1.91. The van der Waals surface area contributed by atoms with Crippen molar-refractivity contribution in [3.63, 3.8) is 0 Å². The van der Waals surface area contributed by atoms with Gasteiger partial charge in [-0.1, -0.05) is 91.9 Å². The molecule has 3 aromatic rings. The fourth-order valence-corrected chi connectivity index (χ4v) is 5.31. The molecule has 1 N–H and O–H groups in total. The number of ether oxygens (including phenoxy) is 1. The lowest BCUT2D eigenvalue weighted by atomic mass is 9.95. The summed E-state index contributed by atoms with van der Waals surface area (Å²) in [6, 6.07) is 18.3. The largest absolute Gasteiger partial charge is 0.483 e. The highest BCUT2D eigenvalue weighted by Crippen LogP contribution is 2.27. The number of benzene rings is 3. The van der Waals surface area contributed by atoms with Crippen LogP contribution in [0.15, 0.2) is 60.7 Å². The van der Waals surface area contributed by atoms with E-state index in [-0.39, 0.29) is 31.0 Å². The Morgan fingerprint density at radius 3 is 2.53 bits per heavy atom. The fourth-order valence-electron chi connectivity index (χ4n) is 4.84. The second-order valence-electron chi connectivity index (χ2n) is 9.29. The molecule has 1 aliphatic carbocycles. The van der Waals surface area contributed by atoms with Crippen LogP contribution in [-0.4, -0.2) is 35.4 Å². The third-order valence-corrected chi connectivity index (χ3v) is 7.38. The molecule has 2 amide bonds. The van der Waals surface area contributed by atoms with Gasteiger partial charge in [-0.2, -0.15) is 0 Å². The number of hydrogen-bond donors (Lipinski definition) is 1. The van der Waals surface area contributed by atoms with Crippen LogP contribution in [0.1, 0.15) is 51.0 Å². The summed E-state index contributed by atoms with van der Waals surface area (Å²) in [4.78, 5) is 28.5. The molecule has 7 heteroatoms. The molecule has 5 nitrogen and oxygen atoms in total. The number of nitrogens with one attached hydrogen (secondary N) is 1. The summed E-state index contributed by atoms with van der Waals surface area (Å²) >= 11 is 12.5. The highest BCUT2D eigenvalue weighted by atomic mass is 35.5. The van der Waals surface area contributed by atoms with E-state index in [1.165, 1.54) is 6.42 Å². The quantitative estimate of drug-likeness (QED) is 0.334. The molecule has 1 unspecified atom stereocenters. The van der Waals surface area contributed by atoms with Gasteiger partial charge < -0.3 is 15.0 Å². The maximum atomic E-state index is 13.6. The molecular formula is C29H32Cl2N2O3. The summed E-state index contributed by atoms with van der Waals surface area (Å²) in [6.07, 6.45) is 5.86. The number of hydrogen-bond acceptors (Lipinski definition) is 3. The summed E-state index contributed by atoms with van der Waals surface area (Å²) < 4.78 is 6.00. The van der Waals surface area contributed by atoms with Crippen LogP contribution < -0.4 is 10.1 Å². The minimum absolute atomic E-state index is 0.131.